The summed E-state index contributed by atoms with van der Waals surface area (Å²) in [5.74, 6) is -1.13. The van der Waals surface area contributed by atoms with E-state index in [-0.39, 0.29) is 24.9 Å². The third-order valence-electron chi connectivity index (χ3n) is 4.08. The maximum atomic E-state index is 14.3. The molecule has 3 rings (SSSR count). The van der Waals surface area contributed by atoms with Gasteiger partial charge >= 0.3 is 0 Å². The van der Waals surface area contributed by atoms with E-state index < -0.39 is 5.82 Å². The Hall–Kier alpha value is -3.55. The molecule has 2 amide bonds. The summed E-state index contributed by atoms with van der Waals surface area (Å²) in [7, 11) is 1.70. The lowest BCUT2D eigenvalue weighted by atomic mass is 10.1. The summed E-state index contributed by atoms with van der Waals surface area (Å²) in [5.41, 5.74) is 2.61. The van der Waals surface area contributed by atoms with Crippen molar-refractivity contribution in [2.24, 2.45) is 7.05 Å². The minimum atomic E-state index is -0.457. The highest BCUT2D eigenvalue weighted by molar-refractivity contribution is 6.04. The maximum absolute atomic E-state index is 14.3. The first-order chi connectivity index (χ1) is 13.0. The van der Waals surface area contributed by atoms with E-state index in [0.717, 1.165) is 6.08 Å². The van der Waals surface area contributed by atoms with E-state index in [2.05, 4.69) is 27.5 Å². The topological polar surface area (TPSA) is 88.9 Å². The fourth-order valence-corrected chi connectivity index (χ4v) is 2.67. The minimum Gasteiger partial charge on any atom is -0.348 e. The second-order valence-electron chi connectivity index (χ2n) is 5.92. The number of aryl methyl sites for hydroxylation is 1. The Bertz CT molecular complexity index is 1030. The molecule has 7 nitrogen and oxygen atoms in total. The van der Waals surface area contributed by atoms with Crippen LogP contribution >= 0.6 is 0 Å². The van der Waals surface area contributed by atoms with Crippen LogP contribution in [-0.4, -0.2) is 26.8 Å². The van der Waals surface area contributed by atoms with Gasteiger partial charge in [0, 0.05) is 25.7 Å². The van der Waals surface area contributed by atoms with Crippen LogP contribution in [0.3, 0.4) is 0 Å². The second kappa shape index (κ2) is 7.77. The van der Waals surface area contributed by atoms with E-state index in [9.17, 15) is 14.0 Å². The zero-order chi connectivity index (χ0) is 19.4. The molecule has 0 fully saturated rings. The van der Waals surface area contributed by atoms with Gasteiger partial charge in [-0.2, -0.15) is 0 Å². The average Bonchev–Trinajstić information content (AvgIpc) is 3.06. The van der Waals surface area contributed by atoms with Gasteiger partial charge in [-0.15, -0.1) is 5.10 Å². The number of benzene rings is 2. The Balaban J connectivity index is 1.69. The van der Waals surface area contributed by atoms with Crippen LogP contribution in [0.2, 0.25) is 0 Å². The van der Waals surface area contributed by atoms with Crippen LogP contribution < -0.4 is 10.6 Å². The van der Waals surface area contributed by atoms with Gasteiger partial charge in [-0.25, -0.2) is 9.07 Å². The quantitative estimate of drug-likeness (QED) is 0.651. The fraction of sp³-hybridized carbons (Fsp3) is 0.158. The van der Waals surface area contributed by atoms with Crippen molar-refractivity contribution in [2.75, 3.05) is 0 Å². The van der Waals surface area contributed by atoms with Crippen molar-refractivity contribution in [3.63, 3.8) is 0 Å². The van der Waals surface area contributed by atoms with Gasteiger partial charge in [-0.05, 0) is 29.8 Å². The van der Waals surface area contributed by atoms with Gasteiger partial charge in [-0.3, -0.25) is 9.59 Å². The van der Waals surface area contributed by atoms with Crippen LogP contribution in [0.5, 0.6) is 0 Å². The molecule has 0 aliphatic carbocycles. The van der Waals surface area contributed by atoms with E-state index in [1.54, 1.807) is 37.4 Å². The van der Waals surface area contributed by atoms with E-state index in [1.807, 2.05) is 0 Å². The number of fused-ring (bicyclic) bond motifs is 1. The first-order valence-corrected chi connectivity index (χ1v) is 8.23. The van der Waals surface area contributed by atoms with Gasteiger partial charge in [-0.1, -0.05) is 30.0 Å². The van der Waals surface area contributed by atoms with Crippen molar-refractivity contribution < 1.29 is 14.0 Å². The Morgan fingerprint density at radius 3 is 2.78 bits per heavy atom. The third-order valence-corrected chi connectivity index (χ3v) is 4.08. The molecular weight excluding hydrogens is 349 g/mol. The number of hydrogen-bond acceptors (Lipinski definition) is 4. The molecule has 2 aromatic carbocycles. The van der Waals surface area contributed by atoms with Crippen LogP contribution in [-0.2, 0) is 24.9 Å². The molecule has 0 atom stereocenters. The first-order valence-electron chi connectivity index (χ1n) is 8.23. The van der Waals surface area contributed by atoms with Gasteiger partial charge in [0.05, 0.1) is 5.56 Å². The van der Waals surface area contributed by atoms with Gasteiger partial charge in [0.2, 0.25) is 5.91 Å². The Labute approximate surface area is 154 Å². The lowest BCUT2D eigenvalue weighted by Crippen LogP contribution is -2.24. The highest BCUT2D eigenvalue weighted by Crippen LogP contribution is 2.16. The van der Waals surface area contributed by atoms with Gasteiger partial charge in [0.1, 0.15) is 16.9 Å². The fourth-order valence-electron chi connectivity index (χ4n) is 2.67. The number of carbonyl (C=O) groups is 2. The molecule has 27 heavy (non-hydrogen) atoms. The summed E-state index contributed by atoms with van der Waals surface area (Å²) in [6.45, 7) is 3.59. The summed E-state index contributed by atoms with van der Waals surface area (Å²) in [5, 5.41) is 13.2. The minimum absolute atomic E-state index is 0.0334. The van der Waals surface area contributed by atoms with Crippen molar-refractivity contribution in [1.29, 1.82) is 0 Å². The number of carbonyl (C=O) groups excluding carboxylic acids is 2. The maximum Gasteiger partial charge on any atom is 0.253 e. The highest BCUT2D eigenvalue weighted by atomic mass is 19.1. The molecule has 0 aliphatic rings. The summed E-state index contributed by atoms with van der Waals surface area (Å²) in [6.07, 6.45) is 1.15. The monoisotopic (exact) mass is 367 g/mol. The molecule has 0 spiro atoms. The molecule has 0 unspecified atom stereocenters. The van der Waals surface area contributed by atoms with Gasteiger partial charge in [0.25, 0.3) is 5.91 Å². The standard InChI is InChI=1S/C19H18FN5O2/c1-3-17(26)21-10-12-7-8-13(15(20)9-12)11-22-19(27)14-5-4-6-16-18(14)25(2)24-23-16/h3-9H,1,10-11H2,2H3,(H,21,26)(H,22,27). The van der Waals surface area contributed by atoms with Crippen molar-refractivity contribution in [3.05, 3.63) is 71.6 Å². The number of hydrogen-bond donors (Lipinski definition) is 2. The van der Waals surface area contributed by atoms with Crippen LogP contribution in [0.25, 0.3) is 11.0 Å². The van der Waals surface area contributed by atoms with Crippen molar-refractivity contribution in [1.82, 2.24) is 25.6 Å². The summed E-state index contributed by atoms with van der Waals surface area (Å²) in [4.78, 5) is 23.7. The molecule has 0 saturated carbocycles. The van der Waals surface area contributed by atoms with E-state index in [0.29, 0.717) is 27.7 Å². The number of nitrogens with one attached hydrogen (secondary N) is 2. The van der Waals surface area contributed by atoms with E-state index >= 15 is 0 Å². The normalized spacial score (nSPS) is 10.6. The molecule has 3 aromatic rings. The Kier molecular flexibility index (Phi) is 5.25. The Morgan fingerprint density at radius 1 is 1.22 bits per heavy atom. The molecule has 0 aliphatic heterocycles. The lowest BCUT2D eigenvalue weighted by molar-refractivity contribution is -0.116. The largest absolute Gasteiger partial charge is 0.348 e. The van der Waals surface area contributed by atoms with E-state index in [4.69, 9.17) is 0 Å². The lowest BCUT2D eigenvalue weighted by Gasteiger charge is -2.09. The molecule has 0 bridgehead atoms. The molecule has 0 saturated heterocycles. The molecular formula is C19H18FN5O2. The smallest absolute Gasteiger partial charge is 0.253 e. The highest BCUT2D eigenvalue weighted by Gasteiger charge is 2.14. The van der Waals surface area contributed by atoms with Crippen LogP contribution in [0.4, 0.5) is 4.39 Å². The van der Waals surface area contributed by atoms with Crippen molar-refractivity contribution in [2.45, 2.75) is 13.1 Å². The zero-order valence-corrected chi connectivity index (χ0v) is 14.7. The van der Waals surface area contributed by atoms with Gasteiger partial charge < -0.3 is 10.6 Å². The summed E-state index contributed by atoms with van der Waals surface area (Å²) >= 11 is 0. The molecule has 2 N–H and O–H groups in total. The second-order valence-corrected chi connectivity index (χ2v) is 5.92. The van der Waals surface area contributed by atoms with Crippen LogP contribution in [0, 0.1) is 5.82 Å². The number of para-hydroxylation sites is 1. The molecule has 138 valence electrons. The number of rotatable bonds is 6. The number of aromatic nitrogens is 3. The molecule has 1 heterocycles. The predicted octanol–water partition coefficient (Wildman–Crippen LogP) is 1.84. The predicted molar refractivity (Wildman–Crippen MR) is 98.1 cm³/mol. The van der Waals surface area contributed by atoms with E-state index in [1.165, 1.54) is 10.7 Å². The number of amides is 2. The SMILES string of the molecule is C=CC(=O)NCc1ccc(CNC(=O)c2cccc3nnn(C)c23)c(F)c1. The third kappa shape index (κ3) is 4.00. The first kappa shape index (κ1) is 18.2. The number of halogens is 1. The number of nitrogens with zero attached hydrogens (tertiary/aromatic N) is 3. The van der Waals surface area contributed by atoms with Crippen LogP contribution in [0.1, 0.15) is 21.5 Å². The Morgan fingerprint density at radius 2 is 2.04 bits per heavy atom. The van der Waals surface area contributed by atoms with Gasteiger partial charge in [0.15, 0.2) is 0 Å². The average molecular weight is 367 g/mol. The summed E-state index contributed by atoms with van der Waals surface area (Å²) < 4.78 is 15.8. The molecule has 8 heteroatoms. The molecule has 0 radical (unpaired) electrons. The van der Waals surface area contributed by atoms with Crippen LogP contribution in [0.15, 0.2) is 49.1 Å². The molecule has 1 aromatic heterocycles. The van der Waals surface area contributed by atoms with Crippen molar-refractivity contribution in [3.8, 4) is 0 Å². The summed E-state index contributed by atoms with van der Waals surface area (Å²) in [6, 6.07) is 9.76. The van der Waals surface area contributed by atoms with Crippen molar-refractivity contribution >= 4 is 22.8 Å². The zero-order valence-electron chi connectivity index (χ0n) is 14.7.